The number of nitrogens with one attached hydrogen (secondary N) is 3. The number of Topliss-reactive ketones (excluding diaryl/α,β-unsaturated/α-hetero) is 1. The van der Waals surface area contributed by atoms with E-state index in [9.17, 15) is 33.7 Å². The Balaban J connectivity index is 3.73. The number of unbranched alkanes of at least 4 members (excludes halogenated alkanes) is 15. The van der Waals surface area contributed by atoms with Crippen molar-refractivity contribution in [3.05, 3.63) is 4.91 Å². The third-order valence-electron chi connectivity index (χ3n) is 8.35. The third kappa shape index (κ3) is 37.0. The van der Waals surface area contributed by atoms with Gasteiger partial charge in [0, 0.05) is 37.5 Å². The number of carboxylic acid groups (broad SMARTS) is 1. The van der Waals surface area contributed by atoms with Gasteiger partial charge in [-0.2, -0.15) is 0 Å². The Morgan fingerprint density at radius 2 is 0.944 bits per heavy atom. The summed E-state index contributed by atoms with van der Waals surface area (Å²) in [5.41, 5.74) is 0. The van der Waals surface area contributed by atoms with Crippen LogP contribution in [0.2, 0.25) is 0 Å². The van der Waals surface area contributed by atoms with Gasteiger partial charge in [-0.15, -0.1) is 4.91 Å². The zero-order valence-electron chi connectivity index (χ0n) is 32.7. The Kier molecular flexibility index (Phi) is 35.6. The minimum absolute atomic E-state index is 0.0449. The van der Waals surface area contributed by atoms with Crippen LogP contribution in [-0.4, -0.2) is 112 Å². The first-order valence-corrected chi connectivity index (χ1v) is 19.9. The number of carboxylic acids is 1. The van der Waals surface area contributed by atoms with Crippen LogP contribution in [0.25, 0.3) is 0 Å². The number of amides is 4. The van der Waals surface area contributed by atoms with Gasteiger partial charge in [0.15, 0.2) is 5.78 Å². The molecule has 0 radical (unpaired) electrons. The second kappa shape index (κ2) is 38.0. The monoisotopic (exact) mass is 772 g/mol. The third-order valence-corrected chi connectivity index (χ3v) is 8.35. The van der Waals surface area contributed by atoms with E-state index in [-0.39, 0.29) is 88.8 Å². The van der Waals surface area contributed by atoms with Gasteiger partial charge in [-0.1, -0.05) is 89.9 Å². The fraction of sp³-hybridized carbons (Fsp3) is 0.842. The van der Waals surface area contributed by atoms with E-state index in [0.29, 0.717) is 32.8 Å². The molecule has 0 aliphatic rings. The van der Waals surface area contributed by atoms with Crippen molar-refractivity contribution in [2.75, 3.05) is 65.9 Å². The van der Waals surface area contributed by atoms with Gasteiger partial charge in [-0.05, 0) is 26.2 Å². The lowest BCUT2D eigenvalue weighted by Crippen LogP contribution is -2.41. The average molecular weight is 773 g/mol. The minimum Gasteiger partial charge on any atom is -0.481 e. The number of nitrogens with zero attached hydrogens (tertiary/aromatic N) is 1. The van der Waals surface area contributed by atoms with Gasteiger partial charge in [0.05, 0.1) is 39.6 Å². The molecule has 0 heterocycles. The Hall–Kier alpha value is -3.34. The van der Waals surface area contributed by atoms with Crippen molar-refractivity contribution < 1.29 is 52.8 Å². The summed E-state index contributed by atoms with van der Waals surface area (Å²) in [6.45, 7) is 3.38. The molecule has 0 fully saturated rings. The fourth-order valence-electron chi connectivity index (χ4n) is 5.38. The summed E-state index contributed by atoms with van der Waals surface area (Å²) in [7, 11) is 0. The molecule has 1 atom stereocenters. The number of carbonyl (C=O) groups excluding carboxylic acids is 5. The quantitative estimate of drug-likeness (QED) is 0.0498. The largest absolute Gasteiger partial charge is 0.481 e. The number of nitroso groups, excluding NO2 is 1. The van der Waals surface area contributed by atoms with Crippen LogP contribution in [0.1, 0.15) is 135 Å². The summed E-state index contributed by atoms with van der Waals surface area (Å²) < 4.78 is 20.9. The molecule has 0 aromatic heterocycles. The van der Waals surface area contributed by atoms with E-state index in [0.717, 1.165) is 38.5 Å². The Morgan fingerprint density at radius 3 is 1.41 bits per heavy atom. The topological polar surface area (TPSA) is 225 Å². The normalized spacial score (nSPS) is 11.5. The van der Waals surface area contributed by atoms with Crippen molar-refractivity contribution >= 4 is 35.4 Å². The molecular formula is C38H68N4O12. The summed E-state index contributed by atoms with van der Waals surface area (Å²) in [6, 6.07) is -1.15. The van der Waals surface area contributed by atoms with E-state index < -0.39 is 17.9 Å². The smallest absolute Gasteiger partial charge is 0.308 e. The predicted molar refractivity (Wildman–Crippen MR) is 203 cm³/mol. The molecule has 0 saturated heterocycles. The SMILES string of the molecule is CC(=O)COCCOCCNC(=O)COCCOCCNC(=O)CC[C@H](NC(=O)CCCCCCCCCCCCCCCCCCC(=O)O)C(=O)N=O. The molecule has 0 unspecified atom stereocenters. The molecule has 312 valence electrons. The van der Waals surface area contributed by atoms with Crippen molar-refractivity contribution in [1.82, 2.24) is 16.0 Å². The first-order chi connectivity index (χ1) is 26.1. The lowest BCUT2D eigenvalue weighted by Gasteiger charge is -2.14. The van der Waals surface area contributed by atoms with Gasteiger partial charge >= 0.3 is 11.9 Å². The summed E-state index contributed by atoms with van der Waals surface area (Å²) in [4.78, 5) is 80.4. The van der Waals surface area contributed by atoms with E-state index >= 15 is 0 Å². The molecule has 0 saturated carbocycles. The summed E-state index contributed by atoms with van der Waals surface area (Å²) in [5.74, 6) is -2.79. The maximum Gasteiger partial charge on any atom is 0.308 e. The Labute approximate surface area is 321 Å². The van der Waals surface area contributed by atoms with Crippen molar-refractivity contribution in [2.24, 2.45) is 5.18 Å². The van der Waals surface area contributed by atoms with Gasteiger partial charge in [-0.3, -0.25) is 28.8 Å². The highest BCUT2D eigenvalue weighted by atomic mass is 16.5. The maximum atomic E-state index is 12.4. The predicted octanol–water partition coefficient (Wildman–Crippen LogP) is 4.54. The van der Waals surface area contributed by atoms with E-state index in [2.05, 4.69) is 21.1 Å². The second-order valence-electron chi connectivity index (χ2n) is 13.4. The molecular weight excluding hydrogens is 704 g/mol. The highest BCUT2D eigenvalue weighted by Gasteiger charge is 2.22. The van der Waals surface area contributed by atoms with Gasteiger partial charge in [-0.25, -0.2) is 0 Å². The van der Waals surface area contributed by atoms with Crippen molar-refractivity contribution in [1.29, 1.82) is 0 Å². The van der Waals surface area contributed by atoms with Crippen LogP contribution in [0, 0.1) is 4.91 Å². The van der Waals surface area contributed by atoms with Crippen LogP contribution in [0.5, 0.6) is 0 Å². The molecule has 0 aliphatic carbocycles. The van der Waals surface area contributed by atoms with Gasteiger partial charge in [0.2, 0.25) is 17.7 Å². The van der Waals surface area contributed by atoms with Gasteiger partial charge in [0.25, 0.3) is 0 Å². The van der Waals surface area contributed by atoms with E-state index in [1.807, 2.05) is 0 Å². The molecule has 4 N–H and O–H groups in total. The fourth-order valence-corrected chi connectivity index (χ4v) is 5.38. The average Bonchev–Trinajstić information content (AvgIpc) is 3.14. The molecule has 0 aromatic carbocycles. The van der Waals surface area contributed by atoms with Crippen LogP contribution >= 0.6 is 0 Å². The van der Waals surface area contributed by atoms with Gasteiger partial charge in [0.1, 0.15) is 19.3 Å². The number of ketones is 1. The molecule has 16 nitrogen and oxygen atoms in total. The summed E-state index contributed by atoms with van der Waals surface area (Å²) >= 11 is 0. The van der Waals surface area contributed by atoms with E-state index in [4.69, 9.17) is 24.1 Å². The Bertz CT molecular complexity index is 1030. The standard InChI is InChI=1S/C38H68N4O12/c1-32(43)30-53-28-26-52-25-23-40-36(46)31-54-29-27-51-24-22-39-34(44)21-20-33(38(49)42-50)41-35(45)18-16-14-12-10-8-6-4-2-3-5-7-9-11-13-15-17-19-37(47)48/h33H,2-31H2,1H3,(H,39,44)(H,40,46)(H,41,45)(H,47,48)/t33-/m0/s1. The molecule has 0 aliphatic heterocycles. The van der Waals surface area contributed by atoms with Crippen molar-refractivity contribution in [3.63, 3.8) is 0 Å². The van der Waals surface area contributed by atoms with Gasteiger partial charge < -0.3 is 40.0 Å². The lowest BCUT2D eigenvalue weighted by molar-refractivity contribution is -0.137. The molecule has 4 amide bonds. The van der Waals surface area contributed by atoms with Crippen LogP contribution in [-0.2, 0) is 47.7 Å². The van der Waals surface area contributed by atoms with E-state index in [1.165, 1.54) is 64.7 Å². The zero-order chi connectivity index (χ0) is 39.9. The van der Waals surface area contributed by atoms with Crippen molar-refractivity contribution in [2.45, 2.75) is 141 Å². The highest BCUT2D eigenvalue weighted by Crippen LogP contribution is 2.14. The molecule has 0 bridgehead atoms. The lowest BCUT2D eigenvalue weighted by atomic mass is 10.0. The molecule has 54 heavy (non-hydrogen) atoms. The molecule has 0 rings (SSSR count). The number of rotatable bonds is 40. The van der Waals surface area contributed by atoms with Crippen molar-refractivity contribution in [3.8, 4) is 0 Å². The molecule has 16 heteroatoms. The van der Waals surface area contributed by atoms with Crippen LogP contribution in [0.15, 0.2) is 5.18 Å². The number of hydrogen-bond acceptors (Lipinski definition) is 11. The minimum atomic E-state index is -1.15. The Morgan fingerprint density at radius 1 is 0.519 bits per heavy atom. The number of hydrogen-bond donors (Lipinski definition) is 4. The van der Waals surface area contributed by atoms with Crippen LogP contribution in [0.3, 0.4) is 0 Å². The number of carbonyl (C=O) groups is 6. The number of ether oxygens (including phenoxy) is 4. The first-order valence-electron chi connectivity index (χ1n) is 19.9. The first kappa shape index (κ1) is 50.7. The summed E-state index contributed by atoms with van der Waals surface area (Å²) in [5, 5.41) is 18.9. The number of aliphatic carboxylic acids is 1. The van der Waals surface area contributed by atoms with Crippen LogP contribution < -0.4 is 16.0 Å². The zero-order valence-corrected chi connectivity index (χ0v) is 32.7. The highest BCUT2D eigenvalue weighted by molar-refractivity contribution is 5.88. The second-order valence-corrected chi connectivity index (χ2v) is 13.4. The molecule has 0 spiro atoms. The van der Waals surface area contributed by atoms with E-state index in [1.54, 1.807) is 0 Å². The maximum absolute atomic E-state index is 12.4. The van der Waals surface area contributed by atoms with Crippen LogP contribution in [0.4, 0.5) is 0 Å². The summed E-state index contributed by atoms with van der Waals surface area (Å²) in [6.07, 6.45) is 18.1. The molecule has 0 aromatic rings.